The van der Waals surface area contributed by atoms with Crippen LogP contribution in [0.4, 0.5) is 4.79 Å². The molecule has 114 valence electrons. The highest BCUT2D eigenvalue weighted by molar-refractivity contribution is 5.75. The minimum Gasteiger partial charge on any atom is -0.481 e. The van der Waals surface area contributed by atoms with Crippen molar-refractivity contribution in [1.29, 1.82) is 0 Å². The number of carbonyl (C=O) groups excluding carboxylic acids is 1. The number of hydrogen-bond donors (Lipinski definition) is 2. The second-order valence-corrected chi connectivity index (χ2v) is 5.64. The van der Waals surface area contributed by atoms with E-state index in [-0.39, 0.29) is 18.0 Å². The molecule has 2 N–H and O–H groups in total. The number of rotatable bonds is 4. The van der Waals surface area contributed by atoms with Crippen LogP contribution in [0.2, 0.25) is 0 Å². The maximum Gasteiger partial charge on any atom is 0.317 e. The number of aliphatic carboxylic acids is 1. The summed E-state index contributed by atoms with van der Waals surface area (Å²) in [6.45, 7) is 3.01. The van der Waals surface area contributed by atoms with Gasteiger partial charge in [0.1, 0.15) is 0 Å². The predicted octanol–water partition coefficient (Wildman–Crippen LogP) is 2.12. The summed E-state index contributed by atoms with van der Waals surface area (Å²) in [7, 11) is 0. The molecule has 2 rings (SSSR count). The molecular formula is C16H22N2O3. The maximum absolute atomic E-state index is 12.1. The Labute approximate surface area is 125 Å². The smallest absolute Gasteiger partial charge is 0.317 e. The van der Waals surface area contributed by atoms with Gasteiger partial charge in [0.15, 0.2) is 0 Å². The van der Waals surface area contributed by atoms with Gasteiger partial charge in [0.05, 0.1) is 5.92 Å². The standard InChI is InChI=1S/C16H22N2O3/c1-12(11-13-5-3-2-4-6-13)17-16(21)18-9-7-14(8-10-18)15(19)20/h2-6,12,14H,7-11H2,1H3,(H,17,21)(H,19,20). The van der Waals surface area contributed by atoms with Crippen LogP contribution in [0.15, 0.2) is 30.3 Å². The van der Waals surface area contributed by atoms with Crippen molar-refractivity contribution < 1.29 is 14.7 Å². The van der Waals surface area contributed by atoms with E-state index >= 15 is 0 Å². The number of carboxylic acid groups (broad SMARTS) is 1. The molecule has 1 aromatic rings. The van der Waals surface area contributed by atoms with Gasteiger partial charge in [0.25, 0.3) is 0 Å². The van der Waals surface area contributed by atoms with Crippen LogP contribution in [0, 0.1) is 5.92 Å². The third kappa shape index (κ3) is 4.48. The molecule has 5 heteroatoms. The van der Waals surface area contributed by atoms with E-state index in [9.17, 15) is 9.59 Å². The first-order valence-corrected chi connectivity index (χ1v) is 7.38. The number of piperidine rings is 1. The van der Waals surface area contributed by atoms with Gasteiger partial charge in [-0.15, -0.1) is 0 Å². The van der Waals surface area contributed by atoms with Crippen LogP contribution in [0.3, 0.4) is 0 Å². The molecule has 1 fully saturated rings. The number of nitrogens with zero attached hydrogens (tertiary/aromatic N) is 1. The molecule has 5 nitrogen and oxygen atoms in total. The SMILES string of the molecule is CC(Cc1ccccc1)NC(=O)N1CCC(C(=O)O)CC1. The number of nitrogens with one attached hydrogen (secondary N) is 1. The average molecular weight is 290 g/mol. The summed E-state index contributed by atoms with van der Waals surface area (Å²) >= 11 is 0. The van der Waals surface area contributed by atoms with Crippen LogP contribution in [0.1, 0.15) is 25.3 Å². The van der Waals surface area contributed by atoms with Gasteiger partial charge in [-0.25, -0.2) is 4.79 Å². The monoisotopic (exact) mass is 290 g/mol. The van der Waals surface area contributed by atoms with Crippen molar-refractivity contribution in [3.05, 3.63) is 35.9 Å². The summed E-state index contributed by atoms with van der Waals surface area (Å²) in [5.41, 5.74) is 1.19. The molecule has 0 aromatic heterocycles. The molecule has 0 bridgehead atoms. The van der Waals surface area contributed by atoms with E-state index in [1.807, 2.05) is 37.3 Å². The van der Waals surface area contributed by atoms with Crippen LogP contribution in [-0.4, -0.2) is 41.1 Å². The van der Waals surface area contributed by atoms with Crippen molar-refractivity contribution in [2.45, 2.75) is 32.2 Å². The van der Waals surface area contributed by atoms with Crippen LogP contribution in [-0.2, 0) is 11.2 Å². The molecule has 1 aliphatic heterocycles. The first-order chi connectivity index (χ1) is 10.1. The average Bonchev–Trinajstić information content (AvgIpc) is 2.48. The summed E-state index contributed by atoms with van der Waals surface area (Å²) in [4.78, 5) is 24.7. The molecule has 0 radical (unpaired) electrons. The zero-order valence-corrected chi connectivity index (χ0v) is 12.3. The number of benzene rings is 1. The lowest BCUT2D eigenvalue weighted by molar-refractivity contribution is -0.143. The first-order valence-electron chi connectivity index (χ1n) is 7.38. The fraction of sp³-hybridized carbons (Fsp3) is 0.500. The molecule has 2 amide bonds. The molecule has 1 aliphatic rings. The van der Waals surface area contributed by atoms with E-state index in [1.165, 1.54) is 5.56 Å². The topological polar surface area (TPSA) is 69.6 Å². The van der Waals surface area contributed by atoms with Gasteiger partial charge in [-0.3, -0.25) is 4.79 Å². The third-order valence-electron chi connectivity index (χ3n) is 3.89. The van der Waals surface area contributed by atoms with Gasteiger partial charge in [0, 0.05) is 19.1 Å². The van der Waals surface area contributed by atoms with E-state index in [2.05, 4.69) is 5.32 Å². The Balaban J connectivity index is 1.78. The van der Waals surface area contributed by atoms with E-state index in [0.29, 0.717) is 25.9 Å². The molecule has 21 heavy (non-hydrogen) atoms. The zero-order valence-electron chi connectivity index (χ0n) is 12.3. The zero-order chi connectivity index (χ0) is 15.2. The molecule has 0 spiro atoms. The van der Waals surface area contributed by atoms with Gasteiger partial charge in [0.2, 0.25) is 0 Å². The number of amides is 2. The highest BCUT2D eigenvalue weighted by atomic mass is 16.4. The molecule has 1 aromatic carbocycles. The normalized spacial score (nSPS) is 17.3. The van der Waals surface area contributed by atoms with Crippen molar-refractivity contribution in [1.82, 2.24) is 10.2 Å². The van der Waals surface area contributed by atoms with E-state index in [0.717, 1.165) is 6.42 Å². The molecule has 0 aliphatic carbocycles. The Hall–Kier alpha value is -2.04. The van der Waals surface area contributed by atoms with Gasteiger partial charge in [-0.05, 0) is 31.7 Å². The molecule has 1 saturated heterocycles. The first kappa shape index (κ1) is 15.4. The molecule has 0 saturated carbocycles. The highest BCUT2D eigenvalue weighted by Gasteiger charge is 2.27. The highest BCUT2D eigenvalue weighted by Crippen LogP contribution is 2.17. The quantitative estimate of drug-likeness (QED) is 0.892. The number of urea groups is 1. The van der Waals surface area contributed by atoms with Crippen molar-refractivity contribution in [2.24, 2.45) is 5.92 Å². The fourth-order valence-corrected chi connectivity index (χ4v) is 2.65. The van der Waals surface area contributed by atoms with E-state index < -0.39 is 5.97 Å². The second kappa shape index (κ2) is 7.11. The van der Waals surface area contributed by atoms with Crippen molar-refractivity contribution in [2.75, 3.05) is 13.1 Å². The van der Waals surface area contributed by atoms with Crippen LogP contribution in [0.5, 0.6) is 0 Å². The largest absolute Gasteiger partial charge is 0.481 e. The van der Waals surface area contributed by atoms with Gasteiger partial charge in [-0.2, -0.15) is 0 Å². The van der Waals surface area contributed by atoms with Crippen molar-refractivity contribution in [3.63, 3.8) is 0 Å². The summed E-state index contributed by atoms with van der Waals surface area (Å²) in [6, 6.07) is 9.99. The fourth-order valence-electron chi connectivity index (χ4n) is 2.65. The Kier molecular flexibility index (Phi) is 5.20. The molecule has 1 heterocycles. The Bertz CT molecular complexity index is 482. The second-order valence-electron chi connectivity index (χ2n) is 5.64. The number of carbonyl (C=O) groups is 2. The van der Waals surface area contributed by atoms with Crippen LogP contribution >= 0.6 is 0 Å². The van der Waals surface area contributed by atoms with Crippen LogP contribution in [0.25, 0.3) is 0 Å². The van der Waals surface area contributed by atoms with E-state index in [4.69, 9.17) is 5.11 Å². The van der Waals surface area contributed by atoms with Gasteiger partial charge < -0.3 is 15.3 Å². The predicted molar refractivity (Wildman–Crippen MR) is 80.1 cm³/mol. The van der Waals surface area contributed by atoms with Gasteiger partial charge >= 0.3 is 12.0 Å². The number of carboxylic acids is 1. The minimum atomic E-state index is -0.757. The lowest BCUT2D eigenvalue weighted by Crippen LogP contribution is -2.48. The Morgan fingerprint density at radius 3 is 2.48 bits per heavy atom. The summed E-state index contributed by atoms with van der Waals surface area (Å²) < 4.78 is 0. The number of hydrogen-bond acceptors (Lipinski definition) is 2. The van der Waals surface area contributed by atoms with E-state index in [1.54, 1.807) is 4.90 Å². The molecule has 1 atom stereocenters. The van der Waals surface area contributed by atoms with Gasteiger partial charge in [-0.1, -0.05) is 30.3 Å². The Morgan fingerprint density at radius 1 is 1.29 bits per heavy atom. The lowest BCUT2D eigenvalue weighted by Gasteiger charge is -2.31. The number of likely N-dealkylation sites (tertiary alicyclic amines) is 1. The molecule has 1 unspecified atom stereocenters. The van der Waals surface area contributed by atoms with Crippen molar-refractivity contribution in [3.8, 4) is 0 Å². The third-order valence-corrected chi connectivity index (χ3v) is 3.89. The Morgan fingerprint density at radius 2 is 1.90 bits per heavy atom. The summed E-state index contributed by atoms with van der Waals surface area (Å²) in [5.74, 6) is -1.07. The maximum atomic E-state index is 12.1. The molecular weight excluding hydrogens is 268 g/mol. The van der Waals surface area contributed by atoms with Crippen molar-refractivity contribution >= 4 is 12.0 Å². The minimum absolute atomic E-state index is 0.0529. The van der Waals surface area contributed by atoms with Crippen LogP contribution < -0.4 is 5.32 Å². The summed E-state index contributed by atoms with van der Waals surface area (Å²) in [5, 5.41) is 11.9. The lowest BCUT2D eigenvalue weighted by atomic mass is 9.97. The summed E-state index contributed by atoms with van der Waals surface area (Å²) in [6.07, 6.45) is 1.86.